The van der Waals surface area contributed by atoms with Crippen LogP contribution in [0.5, 0.6) is 0 Å². The van der Waals surface area contributed by atoms with Crippen LogP contribution in [0.2, 0.25) is 0 Å². The van der Waals surface area contributed by atoms with Crippen molar-refractivity contribution in [3.8, 4) is 0 Å². The third-order valence-electron chi connectivity index (χ3n) is 1.43. The molecule has 1 aromatic rings. The van der Waals surface area contributed by atoms with Crippen molar-refractivity contribution in [3.63, 3.8) is 0 Å². The number of halogens is 1. The Kier molecular flexibility index (Phi) is 3.69. The molecule has 1 aromatic heterocycles. The molecule has 6 nitrogen and oxygen atoms in total. The largest absolute Gasteiger partial charge is 0.444 e. The molecule has 0 aromatic carbocycles. The van der Waals surface area contributed by atoms with E-state index in [4.69, 9.17) is 4.74 Å². The SMILES string of the molecule is CC(C)(C)OC(=O)Nc1cn[nH]c(=O)c1Br. The molecule has 1 amide bonds. The van der Waals surface area contributed by atoms with E-state index in [9.17, 15) is 9.59 Å². The molecule has 0 unspecified atom stereocenters. The average molecular weight is 290 g/mol. The molecule has 1 rings (SSSR count). The zero-order valence-electron chi connectivity index (χ0n) is 9.13. The lowest BCUT2D eigenvalue weighted by molar-refractivity contribution is 0.0636. The number of anilines is 1. The number of rotatable bonds is 1. The van der Waals surface area contributed by atoms with Crippen molar-refractivity contribution in [1.29, 1.82) is 0 Å². The third-order valence-corrected chi connectivity index (χ3v) is 2.22. The van der Waals surface area contributed by atoms with Gasteiger partial charge in [-0.3, -0.25) is 10.1 Å². The first-order chi connectivity index (χ1) is 7.29. The van der Waals surface area contributed by atoms with Gasteiger partial charge in [-0.15, -0.1) is 0 Å². The minimum absolute atomic E-state index is 0.202. The summed E-state index contributed by atoms with van der Waals surface area (Å²) >= 11 is 3.03. The molecule has 0 bridgehead atoms. The smallest absolute Gasteiger partial charge is 0.412 e. The standard InChI is InChI=1S/C9H12BrN3O3/c1-9(2,3)16-8(15)12-5-4-11-13-7(14)6(5)10/h4H,1-3H3,(H2,12,13,14,15). The third kappa shape index (κ3) is 3.65. The van der Waals surface area contributed by atoms with Gasteiger partial charge in [0.25, 0.3) is 5.56 Å². The number of nitrogens with zero attached hydrogens (tertiary/aromatic N) is 1. The maximum absolute atomic E-state index is 11.4. The first-order valence-electron chi connectivity index (χ1n) is 4.53. The second-order valence-electron chi connectivity index (χ2n) is 4.05. The Morgan fingerprint density at radius 2 is 2.19 bits per heavy atom. The van der Waals surface area contributed by atoms with Gasteiger partial charge in [0.1, 0.15) is 10.1 Å². The van der Waals surface area contributed by atoms with E-state index in [1.807, 2.05) is 0 Å². The molecule has 1 heterocycles. The number of nitrogens with one attached hydrogen (secondary N) is 2. The molecule has 0 fully saturated rings. The molecule has 0 saturated heterocycles. The monoisotopic (exact) mass is 289 g/mol. The van der Waals surface area contributed by atoms with Gasteiger partial charge in [0, 0.05) is 0 Å². The predicted molar refractivity (Wildman–Crippen MR) is 62.4 cm³/mol. The molecular weight excluding hydrogens is 278 g/mol. The number of hydrogen-bond donors (Lipinski definition) is 2. The first-order valence-corrected chi connectivity index (χ1v) is 5.32. The molecule has 0 atom stereocenters. The highest BCUT2D eigenvalue weighted by molar-refractivity contribution is 9.10. The van der Waals surface area contributed by atoms with Gasteiger partial charge in [-0.05, 0) is 36.7 Å². The van der Waals surface area contributed by atoms with Crippen molar-refractivity contribution in [2.45, 2.75) is 26.4 Å². The van der Waals surface area contributed by atoms with E-state index < -0.39 is 17.3 Å². The number of carbonyl (C=O) groups excluding carboxylic acids is 1. The number of carbonyl (C=O) groups is 1. The Morgan fingerprint density at radius 3 is 2.75 bits per heavy atom. The lowest BCUT2D eigenvalue weighted by Gasteiger charge is -2.19. The van der Waals surface area contributed by atoms with Gasteiger partial charge in [0.2, 0.25) is 0 Å². The summed E-state index contributed by atoms with van der Waals surface area (Å²) in [6, 6.07) is 0. The van der Waals surface area contributed by atoms with Gasteiger partial charge < -0.3 is 4.74 Å². The fraction of sp³-hybridized carbons (Fsp3) is 0.444. The maximum Gasteiger partial charge on any atom is 0.412 e. The molecule has 16 heavy (non-hydrogen) atoms. The van der Waals surface area contributed by atoms with Crippen LogP contribution in [0.3, 0.4) is 0 Å². The average Bonchev–Trinajstić information content (AvgIpc) is 2.09. The summed E-state index contributed by atoms with van der Waals surface area (Å²) in [5.74, 6) is 0. The molecule has 0 aliphatic carbocycles. The number of ether oxygens (including phenoxy) is 1. The van der Waals surface area contributed by atoms with E-state index in [1.54, 1.807) is 20.8 Å². The van der Waals surface area contributed by atoms with Crippen LogP contribution in [0, 0.1) is 0 Å². The van der Waals surface area contributed by atoms with Gasteiger partial charge in [0.05, 0.1) is 11.9 Å². The lowest BCUT2D eigenvalue weighted by atomic mass is 10.2. The minimum Gasteiger partial charge on any atom is -0.444 e. The Morgan fingerprint density at radius 1 is 1.56 bits per heavy atom. The fourth-order valence-electron chi connectivity index (χ4n) is 0.884. The van der Waals surface area contributed by atoms with Crippen LogP contribution in [0.1, 0.15) is 20.8 Å². The highest BCUT2D eigenvalue weighted by atomic mass is 79.9. The highest BCUT2D eigenvalue weighted by Gasteiger charge is 2.17. The van der Waals surface area contributed by atoms with E-state index in [0.29, 0.717) is 0 Å². The molecule has 0 saturated carbocycles. The van der Waals surface area contributed by atoms with Gasteiger partial charge in [-0.1, -0.05) is 0 Å². The Hall–Kier alpha value is -1.37. The van der Waals surface area contributed by atoms with E-state index >= 15 is 0 Å². The predicted octanol–water partition coefficient (Wildman–Crippen LogP) is 1.88. The van der Waals surface area contributed by atoms with Crippen molar-refractivity contribution in [2.75, 3.05) is 5.32 Å². The van der Waals surface area contributed by atoms with Crippen LogP contribution in [0.25, 0.3) is 0 Å². The Labute approximate surface area is 101 Å². The quantitative estimate of drug-likeness (QED) is 0.827. The summed E-state index contributed by atoms with van der Waals surface area (Å²) in [4.78, 5) is 22.5. The van der Waals surface area contributed by atoms with Crippen LogP contribution in [-0.4, -0.2) is 21.9 Å². The second-order valence-corrected chi connectivity index (χ2v) is 4.85. The summed E-state index contributed by atoms with van der Waals surface area (Å²) < 4.78 is 5.23. The maximum atomic E-state index is 11.4. The van der Waals surface area contributed by atoms with Crippen molar-refractivity contribution >= 4 is 27.7 Å². The molecule has 88 valence electrons. The zero-order chi connectivity index (χ0) is 12.3. The second kappa shape index (κ2) is 4.65. The minimum atomic E-state index is -0.638. The normalized spacial score (nSPS) is 11.0. The van der Waals surface area contributed by atoms with Crippen molar-refractivity contribution < 1.29 is 9.53 Å². The summed E-state index contributed by atoms with van der Waals surface area (Å²) in [5.41, 5.74) is -0.753. The van der Waals surface area contributed by atoms with Gasteiger partial charge in [-0.2, -0.15) is 5.10 Å². The highest BCUT2D eigenvalue weighted by Crippen LogP contribution is 2.16. The van der Waals surface area contributed by atoms with Gasteiger partial charge in [-0.25, -0.2) is 9.89 Å². The van der Waals surface area contributed by atoms with Crippen molar-refractivity contribution in [3.05, 3.63) is 21.0 Å². The van der Waals surface area contributed by atoms with E-state index in [1.165, 1.54) is 6.20 Å². The molecule has 0 spiro atoms. The van der Waals surface area contributed by atoms with Gasteiger partial charge >= 0.3 is 6.09 Å². The number of amides is 1. The molecule has 0 aliphatic rings. The fourth-order valence-corrected chi connectivity index (χ4v) is 1.17. The molecule has 0 aliphatic heterocycles. The zero-order valence-corrected chi connectivity index (χ0v) is 10.7. The number of aromatic amines is 1. The molecule has 2 N–H and O–H groups in total. The van der Waals surface area contributed by atoms with Crippen molar-refractivity contribution in [1.82, 2.24) is 10.2 Å². The van der Waals surface area contributed by atoms with Crippen LogP contribution < -0.4 is 10.9 Å². The van der Waals surface area contributed by atoms with Crippen LogP contribution >= 0.6 is 15.9 Å². The number of H-pyrrole nitrogens is 1. The van der Waals surface area contributed by atoms with E-state index in [0.717, 1.165) is 0 Å². The molecule has 7 heteroatoms. The number of aromatic nitrogens is 2. The molecular formula is C9H12BrN3O3. The summed E-state index contributed by atoms with van der Waals surface area (Å²) in [5, 5.41) is 8.19. The lowest BCUT2D eigenvalue weighted by Crippen LogP contribution is -2.28. The van der Waals surface area contributed by atoms with Crippen LogP contribution in [-0.2, 0) is 4.74 Å². The summed E-state index contributed by atoms with van der Waals surface area (Å²) in [6.45, 7) is 5.24. The molecule has 0 radical (unpaired) electrons. The first kappa shape index (κ1) is 12.7. The summed E-state index contributed by atoms with van der Waals surface area (Å²) in [6.07, 6.45) is 0.677. The van der Waals surface area contributed by atoms with Crippen LogP contribution in [0.4, 0.5) is 10.5 Å². The van der Waals surface area contributed by atoms with E-state index in [2.05, 4.69) is 31.4 Å². The summed E-state index contributed by atoms with van der Waals surface area (Å²) in [7, 11) is 0. The topological polar surface area (TPSA) is 84.1 Å². The van der Waals surface area contributed by atoms with E-state index in [-0.39, 0.29) is 10.2 Å². The Balaban J connectivity index is 2.78. The Bertz CT molecular complexity index is 450. The van der Waals surface area contributed by atoms with Gasteiger partial charge in [0.15, 0.2) is 0 Å². The van der Waals surface area contributed by atoms with Crippen LogP contribution in [0.15, 0.2) is 15.5 Å². The van der Waals surface area contributed by atoms with Crippen molar-refractivity contribution in [2.24, 2.45) is 0 Å². The number of hydrogen-bond acceptors (Lipinski definition) is 4.